The number of nitrogens with zero attached hydrogens (tertiary/aromatic N) is 2. The van der Waals surface area contributed by atoms with E-state index in [0.717, 1.165) is 5.56 Å². The summed E-state index contributed by atoms with van der Waals surface area (Å²) in [5.41, 5.74) is 2.32. The summed E-state index contributed by atoms with van der Waals surface area (Å²) in [5.74, 6) is -0.836. The number of carbonyl (C=O) groups excluding carboxylic acids is 2. The normalized spacial score (nSPS) is 10.4. The van der Waals surface area contributed by atoms with Crippen LogP contribution in [0.2, 0.25) is 0 Å². The first-order chi connectivity index (χ1) is 13.5. The number of benzene rings is 2. The molecule has 7 heteroatoms. The van der Waals surface area contributed by atoms with Gasteiger partial charge in [-0.15, -0.1) is 0 Å². The fourth-order valence-electron chi connectivity index (χ4n) is 3.05. The van der Waals surface area contributed by atoms with Crippen LogP contribution in [0.1, 0.15) is 26.4 Å². The van der Waals surface area contributed by atoms with Crippen molar-refractivity contribution in [2.45, 2.75) is 6.92 Å². The summed E-state index contributed by atoms with van der Waals surface area (Å²) >= 11 is 0. The summed E-state index contributed by atoms with van der Waals surface area (Å²) < 4.78 is 16.8. The van der Waals surface area contributed by atoms with Gasteiger partial charge in [0.25, 0.3) is 0 Å². The van der Waals surface area contributed by atoms with Gasteiger partial charge in [-0.25, -0.2) is 14.3 Å². The van der Waals surface area contributed by atoms with E-state index in [-0.39, 0.29) is 17.0 Å². The van der Waals surface area contributed by atoms with Crippen molar-refractivity contribution in [3.05, 3.63) is 65.4 Å². The van der Waals surface area contributed by atoms with Crippen LogP contribution in [0.5, 0.6) is 5.75 Å². The van der Waals surface area contributed by atoms with Crippen molar-refractivity contribution >= 4 is 11.9 Å². The lowest BCUT2D eigenvalue weighted by molar-refractivity contribution is 0.0549. The van der Waals surface area contributed by atoms with Crippen molar-refractivity contribution < 1.29 is 23.8 Å². The molecule has 2 aromatic carbocycles. The monoisotopic (exact) mass is 380 g/mol. The number of aryl methyl sites for hydroxylation is 1. The van der Waals surface area contributed by atoms with E-state index < -0.39 is 11.9 Å². The van der Waals surface area contributed by atoms with E-state index in [1.165, 1.54) is 18.9 Å². The predicted octanol–water partition coefficient (Wildman–Crippen LogP) is 3.43. The summed E-state index contributed by atoms with van der Waals surface area (Å²) in [6.07, 6.45) is 0. The van der Waals surface area contributed by atoms with Crippen LogP contribution in [0.25, 0.3) is 16.9 Å². The van der Waals surface area contributed by atoms with Crippen molar-refractivity contribution in [1.82, 2.24) is 9.78 Å². The molecule has 0 atom stereocenters. The molecule has 7 nitrogen and oxygen atoms in total. The number of rotatable bonds is 5. The second-order valence-corrected chi connectivity index (χ2v) is 5.96. The Morgan fingerprint density at radius 1 is 0.893 bits per heavy atom. The van der Waals surface area contributed by atoms with Crippen molar-refractivity contribution in [1.29, 1.82) is 0 Å². The summed E-state index contributed by atoms with van der Waals surface area (Å²) in [6, 6.07) is 14.5. The molecule has 0 spiro atoms. The summed E-state index contributed by atoms with van der Waals surface area (Å²) in [5, 5.41) is 4.57. The highest BCUT2D eigenvalue weighted by molar-refractivity contribution is 6.07. The number of methoxy groups -OCH3 is 3. The summed E-state index contributed by atoms with van der Waals surface area (Å²) in [6.45, 7) is 1.88. The first-order valence-corrected chi connectivity index (χ1v) is 8.52. The molecule has 0 amide bonds. The Labute approximate surface area is 162 Å². The van der Waals surface area contributed by atoms with Gasteiger partial charge in [0.15, 0.2) is 5.69 Å². The molecule has 144 valence electrons. The number of ether oxygens (including phenoxy) is 3. The molecule has 0 aliphatic rings. The van der Waals surface area contributed by atoms with Gasteiger partial charge in [0, 0.05) is 5.56 Å². The first-order valence-electron chi connectivity index (χ1n) is 8.52. The van der Waals surface area contributed by atoms with Gasteiger partial charge in [-0.2, -0.15) is 5.10 Å². The molecule has 0 saturated heterocycles. The average Bonchev–Trinajstić information content (AvgIpc) is 3.13. The summed E-state index contributed by atoms with van der Waals surface area (Å²) in [7, 11) is 4.04. The third kappa shape index (κ3) is 3.22. The number of hydrogen-bond acceptors (Lipinski definition) is 6. The van der Waals surface area contributed by atoms with E-state index in [2.05, 4.69) is 5.10 Å². The number of carbonyl (C=O) groups is 2. The van der Waals surface area contributed by atoms with Crippen molar-refractivity contribution in [2.75, 3.05) is 21.3 Å². The van der Waals surface area contributed by atoms with Crippen molar-refractivity contribution in [3.8, 4) is 22.7 Å². The molecule has 0 aliphatic heterocycles. The van der Waals surface area contributed by atoms with Gasteiger partial charge in [0.05, 0.1) is 27.0 Å². The van der Waals surface area contributed by atoms with Gasteiger partial charge in [0.2, 0.25) is 0 Å². The van der Waals surface area contributed by atoms with E-state index >= 15 is 0 Å². The molecular weight excluding hydrogens is 360 g/mol. The Kier molecular flexibility index (Phi) is 5.44. The fraction of sp³-hybridized carbons (Fsp3) is 0.190. The number of esters is 2. The van der Waals surface area contributed by atoms with E-state index in [0.29, 0.717) is 17.0 Å². The lowest BCUT2D eigenvalue weighted by atomic mass is 10.0. The molecule has 0 saturated carbocycles. The second-order valence-electron chi connectivity index (χ2n) is 5.96. The van der Waals surface area contributed by atoms with Gasteiger partial charge >= 0.3 is 11.9 Å². The van der Waals surface area contributed by atoms with Crippen LogP contribution in [0.15, 0.2) is 48.5 Å². The topological polar surface area (TPSA) is 79.7 Å². The Hall–Kier alpha value is -3.61. The average molecular weight is 380 g/mol. The van der Waals surface area contributed by atoms with Crippen LogP contribution in [-0.2, 0) is 9.47 Å². The molecule has 3 rings (SSSR count). The van der Waals surface area contributed by atoms with E-state index in [4.69, 9.17) is 14.2 Å². The maximum Gasteiger partial charge on any atom is 0.357 e. The highest BCUT2D eigenvalue weighted by Gasteiger charge is 2.32. The third-order valence-corrected chi connectivity index (χ3v) is 4.33. The quantitative estimate of drug-likeness (QED) is 0.631. The molecule has 0 N–H and O–H groups in total. The van der Waals surface area contributed by atoms with Crippen LogP contribution in [-0.4, -0.2) is 43.0 Å². The molecular formula is C21H20N2O5. The molecule has 0 radical (unpaired) electrons. The number of hydrogen-bond donors (Lipinski definition) is 0. The van der Waals surface area contributed by atoms with Gasteiger partial charge in [0.1, 0.15) is 17.0 Å². The molecule has 1 aromatic heterocycles. The van der Waals surface area contributed by atoms with Gasteiger partial charge in [-0.1, -0.05) is 30.3 Å². The standard InChI is InChI=1S/C21H20N2O5/c1-13-9-8-12-15(19(13)26-2)17-16(20(24)27-3)18(21(25)28-4)23(22-17)14-10-6-5-7-11-14/h5-12H,1-4H3. The van der Waals surface area contributed by atoms with Crippen LogP contribution in [0, 0.1) is 6.92 Å². The van der Waals surface area contributed by atoms with Crippen LogP contribution >= 0.6 is 0 Å². The Balaban J connectivity index is 2.41. The van der Waals surface area contributed by atoms with Gasteiger partial charge < -0.3 is 14.2 Å². The lowest BCUT2D eigenvalue weighted by Crippen LogP contribution is -2.15. The molecule has 1 heterocycles. The zero-order valence-electron chi connectivity index (χ0n) is 16.1. The predicted molar refractivity (Wildman–Crippen MR) is 103 cm³/mol. The molecule has 28 heavy (non-hydrogen) atoms. The van der Waals surface area contributed by atoms with Crippen molar-refractivity contribution in [3.63, 3.8) is 0 Å². The molecule has 3 aromatic rings. The highest BCUT2D eigenvalue weighted by Crippen LogP contribution is 2.36. The zero-order valence-corrected chi connectivity index (χ0v) is 16.1. The fourth-order valence-corrected chi connectivity index (χ4v) is 3.05. The van der Waals surface area contributed by atoms with Gasteiger partial charge in [-0.05, 0) is 30.7 Å². The number of aromatic nitrogens is 2. The second kappa shape index (κ2) is 7.96. The van der Waals surface area contributed by atoms with E-state index in [9.17, 15) is 9.59 Å². The lowest BCUT2D eigenvalue weighted by Gasteiger charge is -2.10. The maximum absolute atomic E-state index is 12.7. The van der Waals surface area contributed by atoms with Crippen LogP contribution in [0.3, 0.4) is 0 Å². The number of para-hydroxylation sites is 2. The Morgan fingerprint density at radius 2 is 1.57 bits per heavy atom. The third-order valence-electron chi connectivity index (χ3n) is 4.33. The van der Waals surface area contributed by atoms with Crippen LogP contribution < -0.4 is 4.74 Å². The minimum atomic E-state index is -0.699. The van der Waals surface area contributed by atoms with E-state index in [1.807, 2.05) is 37.3 Å². The minimum absolute atomic E-state index is 0.0147. The molecule has 0 bridgehead atoms. The minimum Gasteiger partial charge on any atom is -0.496 e. The smallest absolute Gasteiger partial charge is 0.357 e. The van der Waals surface area contributed by atoms with E-state index in [1.54, 1.807) is 25.3 Å². The Morgan fingerprint density at radius 3 is 2.18 bits per heavy atom. The van der Waals surface area contributed by atoms with Crippen molar-refractivity contribution in [2.24, 2.45) is 0 Å². The van der Waals surface area contributed by atoms with Crippen LogP contribution in [0.4, 0.5) is 0 Å². The molecule has 0 aliphatic carbocycles. The SMILES string of the molecule is COC(=O)c1c(-c2cccc(C)c2OC)nn(-c2ccccc2)c1C(=O)OC. The largest absolute Gasteiger partial charge is 0.496 e. The Bertz CT molecular complexity index is 1020. The molecule has 0 unspecified atom stereocenters. The highest BCUT2D eigenvalue weighted by atomic mass is 16.5. The van der Waals surface area contributed by atoms with Gasteiger partial charge in [-0.3, -0.25) is 0 Å². The first kappa shape index (κ1) is 19.2. The molecule has 0 fully saturated rings. The maximum atomic E-state index is 12.7. The zero-order chi connectivity index (χ0) is 20.3. The summed E-state index contributed by atoms with van der Waals surface area (Å²) in [4.78, 5) is 25.2.